The first-order valence-corrected chi connectivity index (χ1v) is 7.78. The molecule has 2 amide bonds. The number of ether oxygens (including phenoxy) is 1. The Hall–Kier alpha value is -1.11. The van der Waals surface area contributed by atoms with Crippen molar-refractivity contribution in [1.82, 2.24) is 9.99 Å². The van der Waals surface area contributed by atoms with E-state index in [0.29, 0.717) is 4.67 Å². The molecule has 1 aliphatic rings. The molecule has 1 aliphatic heterocycles. The molecule has 0 bridgehead atoms. The number of alkyl carbamates (subject to hydrolysis) is 1. The summed E-state index contributed by atoms with van der Waals surface area (Å²) in [5.41, 5.74) is -0.695. The van der Waals surface area contributed by atoms with Crippen LogP contribution < -0.4 is 10.2 Å². The van der Waals surface area contributed by atoms with Crippen LogP contribution in [-0.2, 0) is 18.6 Å². The van der Waals surface area contributed by atoms with E-state index in [1.165, 1.54) is 13.8 Å². The highest BCUT2D eigenvalue weighted by Gasteiger charge is 2.50. The van der Waals surface area contributed by atoms with E-state index in [4.69, 9.17) is 4.74 Å². The summed E-state index contributed by atoms with van der Waals surface area (Å²) in [7, 11) is -4.39. The maximum atomic E-state index is 11.8. The predicted molar refractivity (Wildman–Crippen MR) is 68.7 cm³/mol. The maximum Gasteiger partial charge on any atom is 0.408 e. The van der Waals surface area contributed by atoms with Crippen LogP contribution in [0.2, 0.25) is 0 Å². The maximum absolute atomic E-state index is 11.8. The summed E-state index contributed by atoms with van der Waals surface area (Å²) < 4.78 is 21.9. The second-order valence-corrected chi connectivity index (χ2v) is 7.06. The lowest BCUT2D eigenvalue weighted by atomic mass is 10.0. The lowest BCUT2D eigenvalue weighted by Crippen LogP contribution is -2.69. The summed E-state index contributed by atoms with van der Waals surface area (Å²) in [5.74, 6) is -0.727. The van der Waals surface area contributed by atoms with Crippen LogP contribution in [0.15, 0.2) is 0 Å². The van der Waals surface area contributed by atoms with E-state index in [0.717, 1.165) is 0 Å². The van der Waals surface area contributed by atoms with Gasteiger partial charge in [0.05, 0.1) is 12.6 Å². The highest BCUT2D eigenvalue weighted by atomic mass is 31.2. The Labute approximate surface area is 118 Å². The fraction of sp³-hybridized carbons (Fsp3) is 0.818. The fourth-order valence-electron chi connectivity index (χ4n) is 1.79. The van der Waals surface area contributed by atoms with Gasteiger partial charge in [0.1, 0.15) is 11.6 Å². The molecule has 20 heavy (non-hydrogen) atoms. The van der Waals surface area contributed by atoms with Gasteiger partial charge in [0.25, 0.3) is 5.91 Å². The second kappa shape index (κ2) is 5.71. The third kappa shape index (κ3) is 3.71. The molecule has 0 aromatic carbocycles. The smallest absolute Gasteiger partial charge is 0.408 e. The quantitative estimate of drug-likeness (QED) is 0.602. The van der Waals surface area contributed by atoms with Crippen LogP contribution in [0.3, 0.4) is 0 Å². The summed E-state index contributed by atoms with van der Waals surface area (Å²) in [5, 5.41) is 2.35. The first-order valence-electron chi connectivity index (χ1n) is 6.28. The Morgan fingerprint density at radius 3 is 2.45 bits per heavy atom. The van der Waals surface area contributed by atoms with Crippen molar-refractivity contribution in [2.24, 2.45) is 0 Å². The highest BCUT2D eigenvalue weighted by Crippen LogP contribution is 2.48. The molecule has 0 aromatic rings. The first-order chi connectivity index (χ1) is 8.99. The van der Waals surface area contributed by atoms with Gasteiger partial charge >= 0.3 is 6.09 Å². The minimum atomic E-state index is -4.39. The molecule has 9 heteroatoms. The molecular weight excluding hydrogens is 287 g/mol. The number of rotatable bonds is 4. The normalized spacial score (nSPS) is 25.7. The summed E-state index contributed by atoms with van der Waals surface area (Å²) in [4.78, 5) is 35.0. The van der Waals surface area contributed by atoms with Crippen molar-refractivity contribution in [3.63, 3.8) is 0 Å². The Balaban J connectivity index is 2.64. The molecule has 1 saturated heterocycles. The molecule has 0 saturated carbocycles. The molecule has 116 valence electrons. The Kier molecular flexibility index (Phi) is 4.84. The molecule has 3 atom stereocenters. The monoisotopic (exact) mass is 307 g/mol. The molecule has 0 spiro atoms. The number of hydrogen-bond acceptors (Lipinski definition) is 6. The zero-order chi connectivity index (χ0) is 15.7. The summed E-state index contributed by atoms with van der Waals surface area (Å²) in [6.07, 6.45) is -0.764. The predicted octanol–water partition coefficient (Wildman–Crippen LogP) is 0.615. The van der Waals surface area contributed by atoms with Crippen LogP contribution >= 0.6 is 7.75 Å². The Bertz CT molecular complexity index is 447. The number of nitrogens with one attached hydrogen (secondary N) is 1. The number of amides is 2. The highest BCUT2D eigenvalue weighted by molar-refractivity contribution is 7.49. The molecular formula is C11H20N2O6P-. The number of carbonyl (C=O) groups excluding carboxylic acids is 2. The number of β-lactam (4-membered cyclic amide) rings is 1. The van der Waals surface area contributed by atoms with E-state index >= 15 is 0 Å². The topological polar surface area (TPSA) is 108 Å². The van der Waals surface area contributed by atoms with Crippen molar-refractivity contribution < 1.29 is 28.3 Å². The fourth-order valence-corrected chi connectivity index (χ4v) is 3.19. The van der Waals surface area contributed by atoms with E-state index in [1.807, 2.05) is 0 Å². The van der Waals surface area contributed by atoms with Crippen molar-refractivity contribution in [3.8, 4) is 0 Å². The summed E-state index contributed by atoms with van der Waals surface area (Å²) in [6.45, 7) is 8.02. The van der Waals surface area contributed by atoms with Gasteiger partial charge in [0.2, 0.25) is 7.75 Å². The third-order valence-electron chi connectivity index (χ3n) is 2.59. The van der Waals surface area contributed by atoms with Crippen LogP contribution in [0.4, 0.5) is 4.79 Å². The lowest BCUT2D eigenvalue weighted by molar-refractivity contribution is -0.219. The van der Waals surface area contributed by atoms with Crippen LogP contribution in [0, 0.1) is 0 Å². The van der Waals surface area contributed by atoms with Gasteiger partial charge in [-0.2, -0.15) is 0 Å². The van der Waals surface area contributed by atoms with Crippen LogP contribution in [-0.4, -0.2) is 41.0 Å². The molecule has 1 fully saturated rings. The van der Waals surface area contributed by atoms with Crippen molar-refractivity contribution in [1.29, 1.82) is 0 Å². The van der Waals surface area contributed by atoms with Gasteiger partial charge < -0.3 is 19.5 Å². The van der Waals surface area contributed by atoms with E-state index < -0.39 is 37.4 Å². The largest absolute Gasteiger partial charge is 0.761 e. The zero-order valence-electron chi connectivity index (χ0n) is 12.2. The zero-order valence-corrected chi connectivity index (χ0v) is 13.1. The second-order valence-electron chi connectivity index (χ2n) is 5.43. The van der Waals surface area contributed by atoms with Gasteiger partial charge in [0.15, 0.2) is 0 Å². The molecule has 1 N–H and O–H groups in total. The van der Waals surface area contributed by atoms with Crippen molar-refractivity contribution >= 4 is 19.7 Å². The molecule has 1 unspecified atom stereocenters. The van der Waals surface area contributed by atoms with Gasteiger partial charge in [-0.15, -0.1) is 0 Å². The molecule has 0 aromatic heterocycles. The molecule has 0 aliphatic carbocycles. The average molecular weight is 307 g/mol. The summed E-state index contributed by atoms with van der Waals surface area (Å²) >= 11 is 0. The van der Waals surface area contributed by atoms with Crippen molar-refractivity contribution in [3.05, 3.63) is 0 Å². The van der Waals surface area contributed by atoms with Gasteiger partial charge in [-0.3, -0.25) is 14.0 Å². The van der Waals surface area contributed by atoms with Crippen molar-refractivity contribution in [2.45, 2.75) is 52.3 Å². The van der Waals surface area contributed by atoms with E-state index in [-0.39, 0.29) is 6.61 Å². The molecule has 8 nitrogen and oxygen atoms in total. The molecule has 1 heterocycles. The van der Waals surface area contributed by atoms with E-state index in [2.05, 4.69) is 9.84 Å². The minimum absolute atomic E-state index is 0.0541. The molecule has 1 rings (SSSR count). The Morgan fingerprint density at radius 2 is 2.05 bits per heavy atom. The lowest BCUT2D eigenvalue weighted by Gasteiger charge is -2.50. The third-order valence-corrected chi connectivity index (χ3v) is 4.26. The van der Waals surface area contributed by atoms with Crippen molar-refractivity contribution in [2.75, 3.05) is 6.61 Å². The standard InChI is InChI=1S/C11H21N2O6P/c1-6-18-20(16,17)13-7(2)8(9(13)14)12-10(15)19-11(3,4)5/h7-8H,6H2,1-5H3,(H,12,15)(H,16,17)/p-1/t7-,8-/m0/s1. The van der Waals surface area contributed by atoms with Gasteiger partial charge in [-0.05, 0) is 34.6 Å². The average Bonchev–Trinajstić information content (AvgIpc) is 2.23. The number of hydrogen-bond donors (Lipinski definition) is 1. The van der Waals surface area contributed by atoms with Crippen LogP contribution in [0.5, 0.6) is 0 Å². The number of nitrogens with zero attached hydrogens (tertiary/aromatic N) is 1. The Morgan fingerprint density at radius 1 is 1.50 bits per heavy atom. The van der Waals surface area contributed by atoms with E-state index in [9.17, 15) is 19.0 Å². The SMILES string of the molecule is CCOP(=O)([O-])N1C(=O)[C@@H](NC(=O)OC(C)(C)C)[C@@H]1C. The van der Waals surface area contributed by atoms with Crippen LogP contribution in [0.1, 0.15) is 34.6 Å². The van der Waals surface area contributed by atoms with E-state index in [1.54, 1.807) is 20.8 Å². The summed E-state index contributed by atoms with van der Waals surface area (Å²) in [6, 6.07) is -1.63. The number of carbonyl (C=O) groups is 2. The van der Waals surface area contributed by atoms with Gasteiger partial charge in [-0.1, -0.05) is 0 Å². The van der Waals surface area contributed by atoms with Gasteiger partial charge in [0, 0.05) is 0 Å². The minimum Gasteiger partial charge on any atom is -0.761 e. The van der Waals surface area contributed by atoms with Gasteiger partial charge in [-0.25, -0.2) is 4.79 Å². The van der Waals surface area contributed by atoms with Crippen LogP contribution in [0.25, 0.3) is 0 Å². The molecule has 0 radical (unpaired) electrons. The first kappa shape index (κ1) is 16.9.